The minimum absolute atomic E-state index is 0.183. The fraction of sp³-hybridized carbons (Fsp3) is 0.333. The van der Waals surface area contributed by atoms with Crippen LogP contribution in [0.5, 0.6) is 5.75 Å². The van der Waals surface area contributed by atoms with Gasteiger partial charge in [0.15, 0.2) is 0 Å². The lowest BCUT2D eigenvalue weighted by Gasteiger charge is -2.27. The molecule has 0 radical (unpaired) electrons. The molecule has 3 rings (SSSR count). The van der Waals surface area contributed by atoms with Crippen molar-refractivity contribution in [2.24, 2.45) is 0 Å². The second kappa shape index (κ2) is 5.76. The van der Waals surface area contributed by atoms with Gasteiger partial charge in [-0.25, -0.2) is 4.39 Å². The van der Waals surface area contributed by atoms with Gasteiger partial charge in [-0.2, -0.15) is 0 Å². The lowest BCUT2D eigenvalue weighted by molar-refractivity contribution is 0.413. The lowest BCUT2D eigenvalue weighted by atomic mass is 9.88. The van der Waals surface area contributed by atoms with E-state index in [1.807, 2.05) is 19.1 Å². The molecular formula is C18H20FNO. The van der Waals surface area contributed by atoms with Crippen molar-refractivity contribution in [3.05, 3.63) is 58.9 Å². The van der Waals surface area contributed by atoms with Gasteiger partial charge in [0.05, 0.1) is 12.8 Å². The van der Waals surface area contributed by atoms with Gasteiger partial charge < -0.3 is 10.1 Å². The fourth-order valence-corrected chi connectivity index (χ4v) is 2.95. The number of hydrogen-bond acceptors (Lipinski definition) is 2. The van der Waals surface area contributed by atoms with Gasteiger partial charge in [-0.05, 0) is 67.1 Å². The SMILES string of the molecule is COc1ccc2c(c1)CC(Nc1cc(C)ccc1F)CC2. The normalized spacial score (nSPS) is 17.2. The predicted octanol–water partition coefficient (Wildman–Crippen LogP) is 4.11. The third kappa shape index (κ3) is 3.02. The maximum absolute atomic E-state index is 13.9. The van der Waals surface area contributed by atoms with Crippen LogP contribution in [0.25, 0.3) is 0 Å². The number of methoxy groups -OCH3 is 1. The number of aryl methyl sites for hydroxylation is 2. The van der Waals surface area contributed by atoms with E-state index in [0.717, 1.165) is 30.6 Å². The molecule has 2 nitrogen and oxygen atoms in total. The van der Waals surface area contributed by atoms with Crippen molar-refractivity contribution in [1.82, 2.24) is 0 Å². The Kier molecular flexibility index (Phi) is 3.82. The number of halogens is 1. The van der Waals surface area contributed by atoms with Crippen LogP contribution in [0.3, 0.4) is 0 Å². The topological polar surface area (TPSA) is 21.3 Å². The number of anilines is 1. The third-order valence-electron chi connectivity index (χ3n) is 4.12. The highest BCUT2D eigenvalue weighted by Gasteiger charge is 2.20. The summed E-state index contributed by atoms with van der Waals surface area (Å²) < 4.78 is 19.1. The van der Waals surface area contributed by atoms with Crippen LogP contribution in [0.2, 0.25) is 0 Å². The van der Waals surface area contributed by atoms with E-state index in [2.05, 4.69) is 17.4 Å². The van der Waals surface area contributed by atoms with Gasteiger partial charge in [0, 0.05) is 6.04 Å². The molecule has 21 heavy (non-hydrogen) atoms. The van der Waals surface area contributed by atoms with Crippen molar-refractivity contribution in [3.8, 4) is 5.75 Å². The maximum atomic E-state index is 13.9. The minimum atomic E-state index is -0.183. The lowest BCUT2D eigenvalue weighted by Crippen LogP contribution is -2.27. The van der Waals surface area contributed by atoms with Crippen LogP contribution in [0.1, 0.15) is 23.1 Å². The van der Waals surface area contributed by atoms with E-state index in [4.69, 9.17) is 4.74 Å². The van der Waals surface area contributed by atoms with Crippen molar-refractivity contribution < 1.29 is 9.13 Å². The van der Waals surface area contributed by atoms with Gasteiger partial charge in [-0.15, -0.1) is 0 Å². The zero-order chi connectivity index (χ0) is 14.8. The molecule has 1 aliphatic carbocycles. The van der Waals surface area contributed by atoms with E-state index < -0.39 is 0 Å². The molecular weight excluding hydrogens is 265 g/mol. The molecule has 1 atom stereocenters. The second-order valence-corrected chi connectivity index (χ2v) is 5.70. The maximum Gasteiger partial charge on any atom is 0.146 e. The van der Waals surface area contributed by atoms with Gasteiger partial charge in [0.25, 0.3) is 0 Å². The molecule has 0 fully saturated rings. The molecule has 3 heteroatoms. The fourth-order valence-electron chi connectivity index (χ4n) is 2.95. The average molecular weight is 285 g/mol. The number of hydrogen-bond donors (Lipinski definition) is 1. The third-order valence-corrected chi connectivity index (χ3v) is 4.12. The molecule has 0 aliphatic heterocycles. The average Bonchev–Trinajstić information content (AvgIpc) is 2.50. The zero-order valence-corrected chi connectivity index (χ0v) is 12.4. The van der Waals surface area contributed by atoms with Crippen LogP contribution in [0.15, 0.2) is 36.4 Å². The van der Waals surface area contributed by atoms with Crippen molar-refractivity contribution in [2.75, 3.05) is 12.4 Å². The van der Waals surface area contributed by atoms with Crippen LogP contribution < -0.4 is 10.1 Å². The number of ether oxygens (including phenoxy) is 1. The Morgan fingerprint density at radius 3 is 2.81 bits per heavy atom. The highest BCUT2D eigenvalue weighted by atomic mass is 19.1. The summed E-state index contributed by atoms with van der Waals surface area (Å²) in [5.41, 5.74) is 4.34. The second-order valence-electron chi connectivity index (χ2n) is 5.70. The van der Waals surface area contributed by atoms with Gasteiger partial charge in [-0.1, -0.05) is 12.1 Å². The summed E-state index contributed by atoms with van der Waals surface area (Å²) in [5.74, 6) is 0.702. The quantitative estimate of drug-likeness (QED) is 0.916. The Bertz CT molecular complexity index is 654. The monoisotopic (exact) mass is 285 g/mol. The molecule has 0 spiro atoms. The van der Waals surface area contributed by atoms with Crippen molar-refractivity contribution in [2.45, 2.75) is 32.2 Å². The highest BCUT2D eigenvalue weighted by Crippen LogP contribution is 2.28. The molecule has 1 unspecified atom stereocenters. The summed E-state index contributed by atoms with van der Waals surface area (Å²) in [4.78, 5) is 0. The number of fused-ring (bicyclic) bond motifs is 1. The smallest absolute Gasteiger partial charge is 0.146 e. The Morgan fingerprint density at radius 1 is 1.14 bits per heavy atom. The van der Waals surface area contributed by atoms with Gasteiger partial charge >= 0.3 is 0 Å². The molecule has 0 saturated carbocycles. The summed E-state index contributed by atoms with van der Waals surface area (Å²) in [5, 5.41) is 3.35. The molecule has 0 saturated heterocycles. The van der Waals surface area contributed by atoms with E-state index in [1.54, 1.807) is 13.2 Å². The molecule has 110 valence electrons. The Balaban J connectivity index is 1.78. The first kappa shape index (κ1) is 13.9. The van der Waals surface area contributed by atoms with Crippen LogP contribution in [0, 0.1) is 12.7 Å². The van der Waals surface area contributed by atoms with E-state index in [9.17, 15) is 4.39 Å². The van der Waals surface area contributed by atoms with Crippen LogP contribution in [0.4, 0.5) is 10.1 Å². The molecule has 0 heterocycles. The summed E-state index contributed by atoms with van der Waals surface area (Å²) in [7, 11) is 1.68. The molecule has 0 aromatic heterocycles. The molecule has 2 aromatic rings. The van der Waals surface area contributed by atoms with Gasteiger partial charge in [0.1, 0.15) is 11.6 Å². The summed E-state index contributed by atoms with van der Waals surface area (Å²) in [6.07, 6.45) is 2.94. The first-order valence-electron chi connectivity index (χ1n) is 7.34. The van der Waals surface area contributed by atoms with E-state index in [0.29, 0.717) is 5.69 Å². The zero-order valence-electron chi connectivity index (χ0n) is 12.4. The minimum Gasteiger partial charge on any atom is -0.497 e. The van der Waals surface area contributed by atoms with Crippen molar-refractivity contribution in [1.29, 1.82) is 0 Å². The Hall–Kier alpha value is -2.03. The van der Waals surface area contributed by atoms with Gasteiger partial charge in [0.2, 0.25) is 0 Å². The number of benzene rings is 2. The van der Waals surface area contributed by atoms with Crippen LogP contribution >= 0.6 is 0 Å². The standard InChI is InChI=1S/C18H20FNO/c1-12-3-8-17(19)18(9-12)20-15-6-4-13-5-7-16(21-2)11-14(13)10-15/h3,5,7-9,11,15,20H,4,6,10H2,1-2H3. The van der Waals surface area contributed by atoms with E-state index in [1.165, 1.54) is 17.2 Å². The van der Waals surface area contributed by atoms with E-state index in [-0.39, 0.29) is 11.9 Å². The highest BCUT2D eigenvalue weighted by molar-refractivity contribution is 5.49. The van der Waals surface area contributed by atoms with Crippen LogP contribution in [-0.2, 0) is 12.8 Å². The molecule has 2 aromatic carbocycles. The Morgan fingerprint density at radius 2 is 2.00 bits per heavy atom. The summed E-state index contributed by atoms with van der Waals surface area (Å²) >= 11 is 0. The summed E-state index contributed by atoms with van der Waals surface area (Å²) in [6.45, 7) is 1.98. The molecule has 0 amide bonds. The van der Waals surface area contributed by atoms with Gasteiger partial charge in [-0.3, -0.25) is 0 Å². The number of nitrogens with one attached hydrogen (secondary N) is 1. The van der Waals surface area contributed by atoms with Crippen molar-refractivity contribution >= 4 is 5.69 Å². The number of rotatable bonds is 3. The molecule has 0 bridgehead atoms. The summed E-state index contributed by atoms with van der Waals surface area (Å²) in [6, 6.07) is 11.7. The first-order valence-corrected chi connectivity index (χ1v) is 7.34. The molecule has 1 N–H and O–H groups in total. The van der Waals surface area contributed by atoms with Crippen LogP contribution in [-0.4, -0.2) is 13.2 Å². The predicted molar refractivity (Wildman–Crippen MR) is 83.6 cm³/mol. The molecule has 1 aliphatic rings. The van der Waals surface area contributed by atoms with Crippen molar-refractivity contribution in [3.63, 3.8) is 0 Å². The largest absolute Gasteiger partial charge is 0.497 e. The first-order chi connectivity index (χ1) is 10.2. The van der Waals surface area contributed by atoms with E-state index >= 15 is 0 Å². The Labute approximate surface area is 125 Å².